The van der Waals surface area contributed by atoms with Gasteiger partial charge in [0.05, 0.1) is 18.1 Å². The molecule has 1 saturated heterocycles. The molecular formula is C13H20N2O4S. The lowest BCUT2D eigenvalue weighted by Crippen LogP contribution is -2.61. The van der Waals surface area contributed by atoms with Crippen molar-refractivity contribution in [3.63, 3.8) is 0 Å². The number of carboxylic acids is 1. The van der Waals surface area contributed by atoms with Gasteiger partial charge in [-0.2, -0.15) is 11.8 Å². The van der Waals surface area contributed by atoms with Gasteiger partial charge in [0, 0.05) is 17.5 Å². The summed E-state index contributed by atoms with van der Waals surface area (Å²) in [5, 5.41) is 19.2. The highest BCUT2D eigenvalue weighted by Gasteiger charge is 2.56. The molecule has 0 aromatic carbocycles. The number of nitrogens with two attached hydrogens (primary N) is 1. The normalized spacial score (nSPS) is 28.2. The lowest BCUT2D eigenvalue weighted by Gasteiger charge is -2.44. The number of carboxylic acid groups (broad SMARTS) is 1. The predicted molar refractivity (Wildman–Crippen MR) is 76.1 cm³/mol. The number of nitrogens with zero attached hydrogens (tertiary/aromatic N) is 1. The van der Waals surface area contributed by atoms with Crippen molar-refractivity contribution < 1.29 is 19.8 Å². The zero-order valence-electron chi connectivity index (χ0n) is 11.6. The van der Waals surface area contributed by atoms with Gasteiger partial charge in [-0.05, 0) is 18.9 Å². The van der Waals surface area contributed by atoms with E-state index in [1.54, 1.807) is 18.7 Å². The number of aliphatic hydroxyl groups is 1. The van der Waals surface area contributed by atoms with E-state index in [0.717, 1.165) is 5.57 Å². The number of aliphatic hydroxyl groups excluding tert-OH is 1. The van der Waals surface area contributed by atoms with E-state index < -0.39 is 18.0 Å². The SMILES string of the molecule is CC(CN)SCC1=C(C(=O)O)N2C(=O)[C@H](C(C)O)[C@H]2C1. The molecule has 0 aliphatic carbocycles. The van der Waals surface area contributed by atoms with Crippen molar-refractivity contribution in [1.29, 1.82) is 0 Å². The van der Waals surface area contributed by atoms with Crippen molar-refractivity contribution >= 4 is 23.6 Å². The maximum atomic E-state index is 12.0. The molecule has 112 valence electrons. The molecule has 0 aromatic heterocycles. The molecule has 4 N–H and O–H groups in total. The van der Waals surface area contributed by atoms with Crippen molar-refractivity contribution in [2.24, 2.45) is 11.7 Å². The first kappa shape index (κ1) is 15.3. The average Bonchev–Trinajstić information content (AvgIpc) is 2.69. The Morgan fingerprint density at radius 3 is 2.70 bits per heavy atom. The highest BCUT2D eigenvalue weighted by Crippen LogP contribution is 2.44. The fraction of sp³-hybridized carbons (Fsp3) is 0.692. The number of fused-ring (bicyclic) bond motifs is 1. The number of carbonyl (C=O) groups is 2. The average molecular weight is 300 g/mol. The molecule has 0 saturated carbocycles. The first-order valence-corrected chi connectivity index (χ1v) is 7.71. The second-order valence-electron chi connectivity index (χ2n) is 5.36. The fourth-order valence-electron chi connectivity index (χ4n) is 2.80. The maximum absolute atomic E-state index is 12.0. The number of β-lactam (4-membered cyclic amide) rings is 1. The fourth-order valence-corrected chi connectivity index (χ4v) is 3.68. The van der Waals surface area contributed by atoms with Crippen LogP contribution in [0.3, 0.4) is 0 Å². The number of amides is 1. The first-order chi connectivity index (χ1) is 9.38. The van der Waals surface area contributed by atoms with Crippen LogP contribution in [0.1, 0.15) is 20.3 Å². The molecule has 7 heteroatoms. The molecule has 0 bridgehead atoms. The molecule has 2 unspecified atom stereocenters. The summed E-state index contributed by atoms with van der Waals surface area (Å²) in [4.78, 5) is 24.7. The largest absolute Gasteiger partial charge is 0.477 e. The lowest BCUT2D eigenvalue weighted by atomic mass is 9.83. The highest BCUT2D eigenvalue weighted by molar-refractivity contribution is 8.00. The van der Waals surface area contributed by atoms with Crippen molar-refractivity contribution in [2.45, 2.75) is 37.7 Å². The van der Waals surface area contributed by atoms with E-state index in [1.165, 1.54) is 4.90 Å². The van der Waals surface area contributed by atoms with Crippen molar-refractivity contribution in [2.75, 3.05) is 12.3 Å². The Morgan fingerprint density at radius 1 is 1.55 bits per heavy atom. The summed E-state index contributed by atoms with van der Waals surface area (Å²) < 4.78 is 0. The van der Waals surface area contributed by atoms with E-state index in [9.17, 15) is 19.8 Å². The predicted octanol–water partition coefficient (Wildman–Crippen LogP) is 0.0170. The number of thioether (sulfide) groups is 1. The van der Waals surface area contributed by atoms with Crippen LogP contribution in [0.2, 0.25) is 0 Å². The molecule has 2 rings (SSSR count). The summed E-state index contributed by atoms with van der Waals surface area (Å²) >= 11 is 1.59. The Hall–Kier alpha value is -1.05. The topological polar surface area (TPSA) is 104 Å². The van der Waals surface area contributed by atoms with Gasteiger partial charge in [-0.1, -0.05) is 6.92 Å². The zero-order valence-corrected chi connectivity index (χ0v) is 12.4. The molecule has 0 aromatic rings. The van der Waals surface area contributed by atoms with E-state index in [0.29, 0.717) is 18.7 Å². The summed E-state index contributed by atoms with van der Waals surface area (Å²) in [5.74, 6) is -1.26. The van der Waals surface area contributed by atoms with Crippen LogP contribution < -0.4 is 5.73 Å². The third-order valence-corrected chi connectivity index (χ3v) is 5.17. The van der Waals surface area contributed by atoms with Crippen LogP contribution in [0.5, 0.6) is 0 Å². The van der Waals surface area contributed by atoms with Gasteiger partial charge in [-0.3, -0.25) is 4.79 Å². The Bertz CT molecular complexity index is 463. The Morgan fingerprint density at radius 2 is 2.20 bits per heavy atom. The molecule has 4 atom stereocenters. The standard InChI is InChI=1S/C13H20N2O4S/c1-6(4-14)20-5-8-3-9-10(7(2)16)12(17)15(9)11(8)13(18)19/h6-7,9-10,16H,3-5,14H2,1-2H3,(H,18,19)/t6?,7?,9-,10-/m1/s1. The van der Waals surface area contributed by atoms with Gasteiger partial charge in [-0.15, -0.1) is 0 Å². The minimum absolute atomic E-state index is 0.105. The van der Waals surface area contributed by atoms with Crippen LogP contribution >= 0.6 is 11.8 Å². The summed E-state index contributed by atoms with van der Waals surface area (Å²) in [5.41, 5.74) is 6.42. The Kier molecular flexibility index (Phi) is 4.41. The monoisotopic (exact) mass is 300 g/mol. The van der Waals surface area contributed by atoms with Gasteiger partial charge in [-0.25, -0.2) is 4.79 Å². The first-order valence-electron chi connectivity index (χ1n) is 6.66. The van der Waals surface area contributed by atoms with Crippen molar-refractivity contribution in [3.05, 3.63) is 11.3 Å². The van der Waals surface area contributed by atoms with Crippen LogP contribution in [0.15, 0.2) is 11.3 Å². The van der Waals surface area contributed by atoms with E-state index in [2.05, 4.69) is 0 Å². The second kappa shape index (κ2) is 5.75. The molecule has 6 nitrogen and oxygen atoms in total. The van der Waals surface area contributed by atoms with Gasteiger partial charge in [0.1, 0.15) is 5.70 Å². The number of hydrogen-bond acceptors (Lipinski definition) is 5. The zero-order chi connectivity index (χ0) is 15.0. The molecular weight excluding hydrogens is 280 g/mol. The third-order valence-electron chi connectivity index (χ3n) is 3.90. The molecule has 2 heterocycles. The number of rotatable bonds is 6. The second-order valence-corrected chi connectivity index (χ2v) is 6.79. The van der Waals surface area contributed by atoms with E-state index in [1.807, 2.05) is 6.92 Å². The lowest BCUT2D eigenvalue weighted by molar-refractivity contribution is -0.161. The van der Waals surface area contributed by atoms with Crippen LogP contribution in [-0.2, 0) is 9.59 Å². The highest BCUT2D eigenvalue weighted by atomic mass is 32.2. The number of carbonyl (C=O) groups excluding carboxylic acids is 1. The Labute approximate surface area is 122 Å². The van der Waals surface area contributed by atoms with Gasteiger partial charge in [0.15, 0.2) is 0 Å². The summed E-state index contributed by atoms with van der Waals surface area (Å²) in [6.07, 6.45) is -0.207. The molecule has 1 fully saturated rings. The summed E-state index contributed by atoms with van der Waals surface area (Å²) in [7, 11) is 0. The van der Waals surface area contributed by atoms with Crippen molar-refractivity contribution in [1.82, 2.24) is 4.90 Å². The van der Waals surface area contributed by atoms with E-state index in [4.69, 9.17) is 5.73 Å². The number of aliphatic carboxylic acids is 1. The minimum Gasteiger partial charge on any atom is -0.477 e. The van der Waals surface area contributed by atoms with Gasteiger partial charge >= 0.3 is 5.97 Å². The van der Waals surface area contributed by atoms with Crippen LogP contribution in [0, 0.1) is 5.92 Å². The quantitative estimate of drug-likeness (QED) is 0.597. The van der Waals surface area contributed by atoms with Crippen LogP contribution in [0.4, 0.5) is 0 Å². The Balaban J connectivity index is 2.15. The van der Waals surface area contributed by atoms with Gasteiger partial charge < -0.3 is 20.8 Å². The van der Waals surface area contributed by atoms with Crippen LogP contribution in [-0.4, -0.2) is 56.7 Å². The van der Waals surface area contributed by atoms with Gasteiger partial charge in [0.25, 0.3) is 0 Å². The molecule has 0 radical (unpaired) electrons. The molecule has 1 amide bonds. The van der Waals surface area contributed by atoms with E-state index >= 15 is 0 Å². The molecule has 20 heavy (non-hydrogen) atoms. The van der Waals surface area contributed by atoms with Crippen LogP contribution in [0.25, 0.3) is 0 Å². The van der Waals surface area contributed by atoms with Gasteiger partial charge in [0.2, 0.25) is 5.91 Å². The molecule has 2 aliphatic heterocycles. The third kappa shape index (κ3) is 2.45. The smallest absolute Gasteiger partial charge is 0.352 e. The van der Waals surface area contributed by atoms with E-state index in [-0.39, 0.29) is 22.9 Å². The molecule has 2 aliphatic rings. The minimum atomic E-state index is -1.07. The maximum Gasteiger partial charge on any atom is 0.352 e. The summed E-state index contributed by atoms with van der Waals surface area (Å²) in [6.45, 7) is 4.09. The summed E-state index contributed by atoms with van der Waals surface area (Å²) in [6, 6.07) is -0.197. The van der Waals surface area contributed by atoms with Crippen molar-refractivity contribution in [3.8, 4) is 0 Å². The molecule has 0 spiro atoms. The number of hydrogen-bond donors (Lipinski definition) is 3.